The Bertz CT molecular complexity index is 791. The van der Waals surface area contributed by atoms with E-state index < -0.39 is 6.29 Å². The van der Waals surface area contributed by atoms with Crippen LogP contribution in [0.1, 0.15) is 23.1 Å². The molecule has 0 amide bonds. The van der Waals surface area contributed by atoms with Gasteiger partial charge in [-0.25, -0.2) is 15.0 Å². The molecule has 0 fully saturated rings. The Hall–Kier alpha value is -2.02. The quantitative estimate of drug-likeness (QED) is 0.437. The van der Waals surface area contributed by atoms with Crippen molar-refractivity contribution in [1.29, 1.82) is 0 Å². The minimum Gasteiger partial charge on any atom is -0.363 e. The summed E-state index contributed by atoms with van der Waals surface area (Å²) in [6, 6.07) is 9.37. The summed E-state index contributed by atoms with van der Waals surface area (Å²) in [7, 11) is 0. The highest BCUT2D eigenvalue weighted by Crippen LogP contribution is 2.23. The van der Waals surface area contributed by atoms with E-state index in [-0.39, 0.29) is 5.69 Å². The predicted molar refractivity (Wildman–Crippen MR) is 85.5 cm³/mol. The number of aliphatic hydroxyl groups excluding tert-OH is 1. The summed E-state index contributed by atoms with van der Waals surface area (Å²) in [5.41, 5.74) is 2.92. The second-order valence-corrected chi connectivity index (χ2v) is 5.63. The first-order chi connectivity index (χ1) is 10.7. The Morgan fingerprint density at radius 1 is 1.14 bits per heavy atom. The van der Waals surface area contributed by atoms with Gasteiger partial charge in [-0.15, -0.1) is 0 Å². The number of hydrogen-bond donors (Lipinski definition) is 2. The van der Waals surface area contributed by atoms with Crippen molar-refractivity contribution in [3.63, 3.8) is 0 Å². The van der Waals surface area contributed by atoms with Crippen LogP contribution in [0.5, 0.6) is 0 Å². The first-order valence-corrected chi connectivity index (χ1v) is 7.99. The summed E-state index contributed by atoms with van der Waals surface area (Å²) >= 11 is 1.49. The van der Waals surface area contributed by atoms with E-state index in [1.807, 2.05) is 30.5 Å². The molecule has 0 aliphatic heterocycles. The van der Waals surface area contributed by atoms with Crippen LogP contribution in [0.4, 0.5) is 0 Å². The fourth-order valence-corrected chi connectivity index (χ4v) is 2.62. The molecule has 2 N–H and O–H groups in total. The summed E-state index contributed by atoms with van der Waals surface area (Å²) in [5, 5.41) is 20.5. The van der Waals surface area contributed by atoms with E-state index in [1.165, 1.54) is 11.8 Å². The lowest BCUT2D eigenvalue weighted by molar-refractivity contribution is -0.0456. The van der Waals surface area contributed by atoms with E-state index in [0.717, 1.165) is 27.2 Å². The van der Waals surface area contributed by atoms with Crippen molar-refractivity contribution >= 4 is 22.7 Å². The van der Waals surface area contributed by atoms with E-state index in [2.05, 4.69) is 15.0 Å². The highest BCUT2D eigenvalue weighted by atomic mass is 32.2. The van der Waals surface area contributed by atoms with E-state index in [4.69, 9.17) is 0 Å². The van der Waals surface area contributed by atoms with Crippen LogP contribution in [-0.4, -0.2) is 31.4 Å². The molecule has 0 aliphatic carbocycles. The summed E-state index contributed by atoms with van der Waals surface area (Å²) in [6.45, 7) is 0. The van der Waals surface area contributed by atoms with Crippen LogP contribution in [0, 0.1) is 0 Å². The molecule has 2 heterocycles. The lowest BCUT2D eigenvalue weighted by atomic mass is 10.0. The molecule has 0 aliphatic rings. The fourth-order valence-electron chi connectivity index (χ4n) is 2.31. The molecular weight excluding hydrogens is 298 g/mol. The lowest BCUT2D eigenvalue weighted by Crippen LogP contribution is -2.02. The molecule has 22 heavy (non-hydrogen) atoms. The van der Waals surface area contributed by atoms with Crippen LogP contribution < -0.4 is 0 Å². The van der Waals surface area contributed by atoms with E-state index >= 15 is 0 Å². The number of para-hydroxylation sites is 1. The van der Waals surface area contributed by atoms with Gasteiger partial charge >= 0.3 is 0 Å². The molecular formula is C16H15N3O2S. The molecule has 0 spiro atoms. The van der Waals surface area contributed by atoms with Crippen LogP contribution in [0.25, 0.3) is 10.9 Å². The average Bonchev–Trinajstić information content (AvgIpc) is 2.55. The number of nitrogens with zero attached hydrogens (tertiary/aromatic N) is 3. The lowest BCUT2D eigenvalue weighted by Gasteiger charge is -2.10. The zero-order valence-corrected chi connectivity index (χ0v) is 12.8. The number of thioether (sulfide) groups is 1. The number of aromatic nitrogens is 3. The molecule has 0 radical (unpaired) electrons. The highest BCUT2D eigenvalue weighted by Gasteiger charge is 2.11. The van der Waals surface area contributed by atoms with Gasteiger partial charge in [-0.1, -0.05) is 30.0 Å². The number of hydrogen-bond acceptors (Lipinski definition) is 6. The number of aliphatic hydroxyl groups is 2. The molecule has 0 saturated carbocycles. The van der Waals surface area contributed by atoms with E-state index in [9.17, 15) is 10.2 Å². The van der Waals surface area contributed by atoms with Crippen molar-refractivity contribution in [1.82, 2.24) is 15.0 Å². The van der Waals surface area contributed by atoms with Gasteiger partial charge in [-0.2, -0.15) is 0 Å². The number of pyridine rings is 1. The normalized spacial score (nSPS) is 11.3. The zero-order chi connectivity index (χ0) is 15.5. The van der Waals surface area contributed by atoms with Crippen LogP contribution in [-0.2, 0) is 6.42 Å². The van der Waals surface area contributed by atoms with Crippen LogP contribution in [0.2, 0.25) is 0 Å². The van der Waals surface area contributed by atoms with Gasteiger partial charge in [0.25, 0.3) is 0 Å². The van der Waals surface area contributed by atoms with Gasteiger partial charge in [0.05, 0.1) is 11.2 Å². The van der Waals surface area contributed by atoms with Gasteiger partial charge in [0.2, 0.25) is 0 Å². The maximum absolute atomic E-state index is 9.41. The van der Waals surface area contributed by atoms with Crippen molar-refractivity contribution < 1.29 is 10.2 Å². The monoisotopic (exact) mass is 313 g/mol. The van der Waals surface area contributed by atoms with Crippen molar-refractivity contribution in [3.05, 3.63) is 59.5 Å². The number of fused-ring (bicyclic) bond motifs is 1. The van der Waals surface area contributed by atoms with Gasteiger partial charge in [0.15, 0.2) is 11.4 Å². The molecule has 0 unspecified atom stereocenters. The van der Waals surface area contributed by atoms with Crippen LogP contribution in [0.3, 0.4) is 0 Å². The SMILES string of the molecule is CSc1ncc(Cc2cc(C(O)O)nc3ccccc23)cn1. The minimum atomic E-state index is -1.58. The molecule has 1 aromatic carbocycles. The van der Waals surface area contributed by atoms with Crippen molar-refractivity contribution in [2.24, 2.45) is 0 Å². The summed E-state index contributed by atoms with van der Waals surface area (Å²) in [6.07, 6.45) is 4.54. The van der Waals surface area contributed by atoms with Crippen molar-refractivity contribution in [2.45, 2.75) is 17.9 Å². The Balaban J connectivity index is 2.04. The Kier molecular flexibility index (Phi) is 4.33. The maximum Gasteiger partial charge on any atom is 0.196 e. The van der Waals surface area contributed by atoms with Gasteiger partial charge in [-0.3, -0.25) is 0 Å². The Morgan fingerprint density at radius 3 is 2.55 bits per heavy atom. The summed E-state index contributed by atoms with van der Waals surface area (Å²) in [4.78, 5) is 12.8. The smallest absolute Gasteiger partial charge is 0.196 e. The third-order valence-corrected chi connectivity index (χ3v) is 3.92. The van der Waals surface area contributed by atoms with Crippen molar-refractivity contribution in [2.75, 3.05) is 6.26 Å². The molecule has 3 rings (SSSR count). The predicted octanol–water partition coefficient (Wildman–Crippen LogP) is 2.32. The highest BCUT2D eigenvalue weighted by molar-refractivity contribution is 7.98. The second-order valence-electron chi connectivity index (χ2n) is 4.85. The summed E-state index contributed by atoms with van der Waals surface area (Å²) < 4.78 is 0. The largest absolute Gasteiger partial charge is 0.363 e. The molecule has 6 heteroatoms. The van der Waals surface area contributed by atoms with Gasteiger partial charge in [0.1, 0.15) is 0 Å². The average molecular weight is 313 g/mol. The zero-order valence-electron chi connectivity index (χ0n) is 12.0. The second kappa shape index (κ2) is 6.39. The first-order valence-electron chi connectivity index (χ1n) is 6.77. The number of benzene rings is 1. The molecule has 2 aromatic heterocycles. The molecule has 3 aromatic rings. The molecule has 5 nitrogen and oxygen atoms in total. The molecule has 0 saturated heterocycles. The molecule has 112 valence electrons. The van der Waals surface area contributed by atoms with Crippen molar-refractivity contribution in [3.8, 4) is 0 Å². The Morgan fingerprint density at radius 2 is 1.86 bits per heavy atom. The standard InChI is InChI=1S/C16H15N3O2S/c1-22-16-17-8-10(9-18-16)6-11-7-14(15(20)21)19-13-5-3-2-4-12(11)13/h2-5,7-9,15,20-21H,6H2,1H3. The first kappa shape index (κ1) is 14.9. The topological polar surface area (TPSA) is 79.1 Å². The Labute approximate surface area is 132 Å². The van der Waals surface area contributed by atoms with Crippen LogP contribution in [0.15, 0.2) is 47.9 Å². The van der Waals surface area contributed by atoms with Gasteiger partial charge < -0.3 is 10.2 Å². The minimum absolute atomic E-state index is 0.246. The van der Waals surface area contributed by atoms with Gasteiger partial charge in [-0.05, 0) is 29.5 Å². The van der Waals surface area contributed by atoms with E-state index in [0.29, 0.717) is 6.42 Å². The molecule has 0 bridgehead atoms. The summed E-state index contributed by atoms with van der Waals surface area (Å²) in [5.74, 6) is 0. The van der Waals surface area contributed by atoms with Crippen LogP contribution >= 0.6 is 11.8 Å². The van der Waals surface area contributed by atoms with Gasteiger partial charge in [0, 0.05) is 24.2 Å². The third kappa shape index (κ3) is 3.09. The third-order valence-electron chi connectivity index (χ3n) is 3.34. The fraction of sp³-hybridized carbons (Fsp3) is 0.188. The maximum atomic E-state index is 9.41. The number of rotatable bonds is 4. The molecule has 0 atom stereocenters. The van der Waals surface area contributed by atoms with E-state index in [1.54, 1.807) is 18.5 Å².